The van der Waals surface area contributed by atoms with E-state index in [1.807, 2.05) is 0 Å². The van der Waals surface area contributed by atoms with E-state index in [0.29, 0.717) is 25.6 Å². The van der Waals surface area contributed by atoms with E-state index in [1.54, 1.807) is 10.9 Å². The highest BCUT2D eigenvalue weighted by Crippen LogP contribution is 2.48. The molecular formula is C13H22N4O2S. The lowest BCUT2D eigenvalue weighted by atomic mass is 9.99. The molecule has 0 aliphatic heterocycles. The average molecular weight is 298 g/mol. The van der Waals surface area contributed by atoms with Gasteiger partial charge in [-0.15, -0.1) is 0 Å². The van der Waals surface area contributed by atoms with E-state index >= 15 is 0 Å². The fourth-order valence-corrected chi connectivity index (χ4v) is 3.82. The normalized spacial score (nSPS) is 19.7. The molecule has 0 unspecified atom stereocenters. The Bertz CT molecular complexity index is 549. The number of sulfonamides is 1. The van der Waals surface area contributed by atoms with Crippen molar-refractivity contribution in [2.75, 3.05) is 13.1 Å². The van der Waals surface area contributed by atoms with E-state index in [9.17, 15) is 8.42 Å². The molecule has 2 fully saturated rings. The fourth-order valence-electron chi connectivity index (χ4n) is 2.79. The van der Waals surface area contributed by atoms with Crippen LogP contribution in [0.5, 0.6) is 0 Å². The van der Waals surface area contributed by atoms with Crippen LogP contribution in [0, 0.1) is 17.8 Å². The lowest BCUT2D eigenvalue weighted by molar-refractivity contribution is 0.401. The van der Waals surface area contributed by atoms with Crippen LogP contribution in [0.3, 0.4) is 0 Å². The molecule has 6 nitrogen and oxygen atoms in total. The van der Waals surface area contributed by atoms with Crippen LogP contribution in [0.1, 0.15) is 25.7 Å². The second kappa shape index (κ2) is 5.46. The summed E-state index contributed by atoms with van der Waals surface area (Å²) in [6, 6.07) is 0. The molecule has 0 aromatic carbocycles. The second-order valence-corrected chi connectivity index (χ2v) is 7.69. The molecule has 2 aliphatic rings. The van der Waals surface area contributed by atoms with Gasteiger partial charge in [0.15, 0.2) is 0 Å². The third-order valence-corrected chi connectivity index (χ3v) is 5.62. The van der Waals surface area contributed by atoms with Crippen molar-refractivity contribution in [2.24, 2.45) is 23.5 Å². The van der Waals surface area contributed by atoms with Crippen molar-refractivity contribution in [2.45, 2.75) is 37.1 Å². The number of nitrogens with two attached hydrogens (primary N) is 1. The molecule has 20 heavy (non-hydrogen) atoms. The smallest absolute Gasteiger partial charge is 0.243 e. The van der Waals surface area contributed by atoms with Gasteiger partial charge in [-0.1, -0.05) is 0 Å². The highest BCUT2D eigenvalue weighted by Gasteiger charge is 2.41. The molecule has 112 valence electrons. The number of rotatable bonds is 8. The summed E-state index contributed by atoms with van der Waals surface area (Å²) in [5, 5.41) is 4.01. The summed E-state index contributed by atoms with van der Waals surface area (Å²) in [6.45, 7) is 1.54. The maximum Gasteiger partial charge on any atom is 0.243 e. The summed E-state index contributed by atoms with van der Waals surface area (Å²) in [4.78, 5) is 0.233. The van der Waals surface area contributed by atoms with Crippen molar-refractivity contribution in [1.82, 2.24) is 14.5 Å². The summed E-state index contributed by atoms with van der Waals surface area (Å²) in [5.74, 6) is 2.01. The topological polar surface area (TPSA) is 90.0 Å². The first-order valence-electron chi connectivity index (χ1n) is 7.32. The Morgan fingerprint density at radius 1 is 1.35 bits per heavy atom. The molecule has 0 bridgehead atoms. The average Bonchev–Trinajstić information content (AvgIpc) is 3.32. The molecule has 0 spiro atoms. The van der Waals surface area contributed by atoms with Gasteiger partial charge in [0, 0.05) is 19.3 Å². The van der Waals surface area contributed by atoms with E-state index in [0.717, 1.165) is 11.8 Å². The maximum atomic E-state index is 12.2. The van der Waals surface area contributed by atoms with Crippen molar-refractivity contribution in [3.05, 3.63) is 12.4 Å². The number of nitrogens with zero attached hydrogens (tertiary/aromatic N) is 2. The van der Waals surface area contributed by atoms with Gasteiger partial charge in [-0.05, 0) is 43.4 Å². The summed E-state index contributed by atoms with van der Waals surface area (Å²) < 4.78 is 28.8. The molecule has 3 rings (SSSR count). The first-order valence-corrected chi connectivity index (χ1v) is 8.80. The molecule has 1 heterocycles. The van der Waals surface area contributed by atoms with Gasteiger partial charge in [0.05, 0.1) is 12.7 Å². The number of hydrogen-bond acceptors (Lipinski definition) is 4. The van der Waals surface area contributed by atoms with Gasteiger partial charge in [0.25, 0.3) is 0 Å². The fraction of sp³-hybridized carbons (Fsp3) is 0.769. The molecule has 1 aromatic heterocycles. The molecule has 1 aromatic rings. The minimum Gasteiger partial charge on any atom is -0.329 e. The van der Waals surface area contributed by atoms with E-state index < -0.39 is 10.0 Å². The van der Waals surface area contributed by atoms with Gasteiger partial charge in [-0.2, -0.15) is 5.10 Å². The Balaban J connectivity index is 1.61. The van der Waals surface area contributed by atoms with Crippen LogP contribution in [0.2, 0.25) is 0 Å². The molecular weight excluding hydrogens is 276 g/mol. The van der Waals surface area contributed by atoms with Gasteiger partial charge in [-0.3, -0.25) is 4.68 Å². The minimum atomic E-state index is -3.44. The molecule has 0 atom stereocenters. The first-order chi connectivity index (χ1) is 9.60. The van der Waals surface area contributed by atoms with E-state index in [1.165, 1.54) is 31.9 Å². The van der Waals surface area contributed by atoms with Crippen molar-refractivity contribution in [1.29, 1.82) is 0 Å². The Morgan fingerprint density at radius 2 is 2.00 bits per heavy atom. The SMILES string of the molecule is NCCn1cc(S(=O)(=O)NCC(C2CC2)C2CC2)cn1. The zero-order valence-corrected chi connectivity index (χ0v) is 12.3. The van der Waals surface area contributed by atoms with Crippen LogP contribution in [0.15, 0.2) is 17.3 Å². The molecule has 0 amide bonds. The summed E-state index contributed by atoms with van der Waals surface area (Å²) in [5.41, 5.74) is 5.43. The summed E-state index contributed by atoms with van der Waals surface area (Å²) >= 11 is 0. The second-order valence-electron chi connectivity index (χ2n) is 5.92. The third kappa shape index (κ3) is 3.21. The number of aromatic nitrogens is 2. The quantitative estimate of drug-likeness (QED) is 0.733. The van der Waals surface area contributed by atoms with Crippen LogP contribution in [-0.4, -0.2) is 31.3 Å². The predicted molar refractivity (Wildman–Crippen MR) is 75.4 cm³/mol. The summed E-state index contributed by atoms with van der Waals surface area (Å²) in [7, 11) is -3.44. The van der Waals surface area contributed by atoms with Crippen molar-refractivity contribution in [3.63, 3.8) is 0 Å². The van der Waals surface area contributed by atoms with Crippen molar-refractivity contribution >= 4 is 10.0 Å². The predicted octanol–water partition coefficient (Wildman–Crippen LogP) is 0.556. The monoisotopic (exact) mass is 298 g/mol. The van der Waals surface area contributed by atoms with Crippen LogP contribution in [0.25, 0.3) is 0 Å². The summed E-state index contributed by atoms with van der Waals surface area (Å²) in [6.07, 6.45) is 7.98. The van der Waals surface area contributed by atoms with Crippen LogP contribution < -0.4 is 10.5 Å². The van der Waals surface area contributed by atoms with Crippen molar-refractivity contribution in [3.8, 4) is 0 Å². The highest BCUT2D eigenvalue weighted by molar-refractivity contribution is 7.89. The molecule has 0 radical (unpaired) electrons. The standard InChI is InChI=1S/C13H22N4O2S/c14-5-6-17-9-12(7-15-17)20(18,19)16-8-13(10-1-2-10)11-3-4-11/h7,9-11,13,16H,1-6,8,14H2. The molecule has 3 N–H and O–H groups in total. The van der Waals surface area contributed by atoms with E-state index in [4.69, 9.17) is 5.73 Å². The van der Waals surface area contributed by atoms with Gasteiger partial charge < -0.3 is 5.73 Å². The third-order valence-electron chi connectivity index (χ3n) is 4.24. The van der Waals surface area contributed by atoms with Crippen LogP contribution in [-0.2, 0) is 16.6 Å². The largest absolute Gasteiger partial charge is 0.329 e. The van der Waals surface area contributed by atoms with Crippen LogP contribution in [0.4, 0.5) is 0 Å². The molecule has 7 heteroatoms. The molecule has 0 saturated heterocycles. The Morgan fingerprint density at radius 3 is 2.55 bits per heavy atom. The lowest BCUT2D eigenvalue weighted by Gasteiger charge is -2.15. The zero-order chi connectivity index (χ0) is 14.2. The van der Waals surface area contributed by atoms with E-state index in [2.05, 4.69) is 9.82 Å². The minimum absolute atomic E-state index is 0.233. The Labute approximate surface area is 119 Å². The Hall–Kier alpha value is -0.920. The van der Waals surface area contributed by atoms with Crippen LogP contribution >= 0.6 is 0 Å². The van der Waals surface area contributed by atoms with Crippen molar-refractivity contribution < 1.29 is 8.42 Å². The highest BCUT2D eigenvalue weighted by atomic mass is 32.2. The van der Waals surface area contributed by atoms with Gasteiger partial charge >= 0.3 is 0 Å². The van der Waals surface area contributed by atoms with Gasteiger partial charge in [0.2, 0.25) is 10.0 Å². The maximum absolute atomic E-state index is 12.2. The first kappa shape index (κ1) is 14.0. The number of hydrogen-bond donors (Lipinski definition) is 2. The van der Waals surface area contributed by atoms with E-state index in [-0.39, 0.29) is 4.90 Å². The van der Waals surface area contributed by atoms with Gasteiger partial charge in [0.1, 0.15) is 4.90 Å². The molecule has 2 aliphatic carbocycles. The molecule has 2 saturated carbocycles. The van der Waals surface area contributed by atoms with Gasteiger partial charge in [-0.25, -0.2) is 13.1 Å². The Kier molecular flexibility index (Phi) is 3.83. The number of nitrogens with one attached hydrogen (secondary N) is 1. The zero-order valence-electron chi connectivity index (χ0n) is 11.5. The lowest BCUT2D eigenvalue weighted by Crippen LogP contribution is -2.31.